The molecular formula is C16H15Cl3N2O3S. The summed E-state index contributed by atoms with van der Waals surface area (Å²) in [4.78, 5) is 12.2. The van der Waals surface area contributed by atoms with Gasteiger partial charge in [0.25, 0.3) is 0 Å². The van der Waals surface area contributed by atoms with Gasteiger partial charge in [0.15, 0.2) is 0 Å². The van der Waals surface area contributed by atoms with Crippen molar-refractivity contribution in [2.24, 2.45) is 0 Å². The van der Waals surface area contributed by atoms with Gasteiger partial charge in [-0.05, 0) is 35.9 Å². The van der Waals surface area contributed by atoms with Crippen molar-refractivity contribution >= 4 is 56.4 Å². The Morgan fingerprint density at radius 2 is 1.56 bits per heavy atom. The Kier molecular flexibility index (Phi) is 6.57. The minimum absolute atomic E-state index is 0.224. The molecule has 2 aromatic carbocycles. The highest BCUT2D eigenvalue weighted by molar-refractivity contribution is 7.92. The fourth-order valence-electron chi connectivity index (χ4n) is 2.07. The van der Waals surface area contributed by atoms with Crippen LogP contribution in [-0.2, 0) is 21.4 Å². The molecule has 0 aliphatic carbocycles. The first-order chi connectivity index (χ1) is 11.6. The smallest absolute Gasteiger partial charge is 0.241 e. The third-order valence-corrected chi connectivity index (χ3v) is 5.05. The Morgan fingerprint density at radius 1 is 1.00 bits per heavy atom. The van der Waals surface area contributed by atoms with E-state index in [1.165, 1.54) is 18.2 Å². The predicted molar refractivity (Wildman–Crippen MR) is 102 cm³/mol. The van der Waals surface area contributed by atoms with Crippen molar-refractivity contribution in [3.63, 3.8) is 0 Å². The zero-order valence-corrected chi connectivity index (χ0v) is 16.3. The van der Waals surface area contributed by atoms with E-state index in [4.69, 9.17) is 34.8 Å². The maximum Gasteiger partial charge on any atom is 0.241 e. The third kappa shape index (κ3) is 6.08. The summed E-state index contributed by atoms with van der Waals surface area (Å²) in [5.74, 6) is -0.462. The summed E-state index contributed by atoms with van der Waals surface area (Å²) in [5.41, 5.74) is 1.07. The summed E-state index contributed by atoms with van der Waals surface area (Å²) in [6, 6.07) is 11.3. The lowest BCUT2D eigenvalue weighted by atomic mass is 10.2. The number of nitrogens with zero attached hydrogens (tertiary/aromatic N) is 1. The van der Waals surface area contributed by atoms with Crippen LogP contribution in [0.25, 0.3) is 0 Å². The summed E-state index contributed by atoms with van der Waals surface area (Å²) in [6.45, 7) is -0.132. The zero-order chi connectivity index (χ0) is 18.6. The van der Waals surface area contributed by atoms with Crippen molar-refractivity contribution < 1.29 is 13.2 Å². The van der Waals surface area contributed by atoms with Gasteiger partial charge >= 0.3 is 0 Å². The van der Waals surface area contributed by atoms with E-state index in [0.29, 0.717) is 5.02 Å². The van der Waals surface area contributed by atoms with E-state index in [0.717, 1.165) is 16.1 Å². The van der Waals surface area contributed by atoms with Gasteiger partial charge in [0.05, 0.1) is 11.9 Å². The zero-order valence-electron chi connectivity index (χ0n) is 13.2. The highest BCUT2D eigenvalue weighted by atomic mass is 35.5. The molecule has 0 fully saturated rings. The lowest BCUT2D eigenvalue weighted by Gasteiger charge is -2.22. The lowest BCUT2D eigenvalue weighted by molar-refractivity contribution is -0.119. The molecule has 0 unspecified atom stereocenters. The van der Waals surface area contributed by atoms with Crippen molar-refractivity contribution in [3.8, 4) is 0 Å². The first-order valence-electron chi connectivity index (χ1n) is 7.10. The fourth-order valence-corrected chi connectivity index (χ4v) is 3.55. The van der Waals surface area contributed by atoms with Gasteiger partial charge in [0.1, 0.15) is 6.54 Å². The topological polar surface area (TPSA) is 66.5 Å². The van der Waals surface area contributed by atoms with Gasteiger partial charge in [0, 0.05) is 21.6 Å². The van der Waals surface area contributed by atoms with Crippen LogP contribution in [0.2, 0.25) is 15.1 Å². The van der Waals surface area contributed by atoms with Crippen LogP contribution in [0.5, 0.6) is 0 Å². The average molecular weight is 422 g/mol. The normalized spacial score (nSPS) is 11.2. The first-order valence-corrected chi connectivity index (χ1v) is 10.1. The first kappa shape index (κ1) is 19.8. The van der Waals surface area contributed by atoms with Gasteiger partial charge in [-0.2, -0.15) is 0 Å². The number of rotatable bonds is 6. The highest BCUT2D eigenvalue weighted by Gasteiger charge is 2.21. The molecule has 0 saturated heterocycles. The number of amides is 1. The molecule has 5 nitrogen and oxygen atoms in total. The van der Waals surface area contributed by atoms with E-state index >= 15 is 0 Å². The van der Waals surface area contributed by atoms with Crippen molar-refractivity contribution in [1.82, 2.24) is 5.32 Å². The number of benzene rings is 2. The molecule has 9 heteroatoms. The van der Waals surface area contributed by atoms with E-state index < -0.39 is 15.9 Å². The maximum absolute atomic E-state index is 12.2. The fraction of sp³-hybridized carbons (Fsp3) is 0.188. The summed E-state index contributed by atoms with van der Waals surface area (Å²) in [6.07, 6.45) is 1.01. The van der Waals surface area contributed by atoms with Crippen LogP contribution < -0.4 is 9.62 Å². The van der Waals surface area contributed by atoms with E-state index in [1.807, 2.05) is 0 Å². The van der Waals surface area contributed by atoms with Crippen LogP contribution in [0, 0.1) is 0 Å². The Bertz CT molecular complexity index is 850. The van der Waals surface area contributed by atoms with Gasteiger partial charge in [-0.1, -0.05) is 46.9 Å². The van der Waals surface area contributed by atoms with Gasteiger partial charge in [0.2, 0.25) is 15.9 Å². The van der Waals surface area contributed by atoms with Crippen LogP contribution in [0.4, 0.5) is 5.69 Å². The Hall–Kier alpha value is -1.47. The number of hydrogen-bond donors (Lipinski definition) is 1. The van der Waals surface area contributed by atoms with Crippen LogP contribution in [0.15, 0.2) is 42.5 Å². The Morgan fingerprint density at radius 3 is 2.08 bits per heavy atom. The maximum atomic E-state index is 12.2. The lowest BCUT2D eigenvalue weighted by Crippen LogP contribution is -2.40. The highest BCUT2D eigenvalue weighted by Crippen LogP contribution is 2.26. The molecule has 0 heterocycles. The molecule has 0 aliphatic rings. The molecule has 0 saturated carbocycles. The number of nitrogens with one attached hydrogen (secondary N) is 1. The van der Waals surface area contributed by atoms with Crippen LogP contribution in [0.3, 0.4) is 0 Å². The number of carbonyl (C=O) groups is 1. The largest absolute Gasteiger partial charge is 0.350 e. The number of hydrogen-bond acceptors (Lipinski definition) is 3. The van der Waals surface area contributed by atoms with Crippen LogP contribution in [-0.4, -0.2) is 27.1 Å². The molecule has 25 heavy (non-hydrogen) atoms. The molecule has 2 aromatic rings. The monoisotopic (exact) mass is 420 g/mol. The van der Waals surface area contributed by atoms with Gasteiger partial charge < -0.3 is 5.32 Å². The molecule has 0 atom stereocenters. The Balaban J connectivity index is 2.11. The van der Waals surface area contributed by atoms with Gasteiger partial charge in [-0.25, -0.2) is 8.42 Å². The molecule has 0 radical (unpaired) electrons. The summed E-state index contributed by atoms with van der Waals surface area (Å²) >= 11 is 17.6. The average Bonchev–Trinajstić information content (AvgIpc) is 2.50. The minimum Gasteiger partial charge on any atom is -0.350 e. The molecular weight excluding hydrogens is 407 g/mol. The molecule has 1 N–H and O–H groups in total. The Labute approximate surface area is 161 Å². The van der Waals surface area contributed by atoms with Gasteiger partial charge in [-0.15, -0.1) is 0 Å². The standard InChI is InChI=1S/C16H15Cl3N2O3S/c1-25(23,24)21(15-7-13(18)6-14(19)8-15)10-16(22)20-9-11-2-4-12(17)5-3-11/h2-8H,9-10H2,1H3,(H,20,22). The summed E-state index contributed by atoms with van der Waals surface area (Å²) < 4.78 is 25.0. The van der Waals surface area contributed by atoms with E-state index in [-0.39, 0.29) is 28.8 Å². The number of sulfonamides is 1. The van der Waals surface area contributed by atoms with Crippen molar-refractivity contribution in [1.29, 1.82) is 0 Å². The second-order valence-corrected chi connectivity index (χ2v) is 8.52. The summed E-state index contributed by atoms with van der Waals surface area (Å²) in [5, 5.41) is 3.81. The SMILES string of the molecule is CS(=O)(=O)N(CC(=O)NCc1ccc(Cl)cc1)c1cc(Cl)cc(Cl)c1. The summed E-state index contributed by atoms with van der Waals surface area (Å²) in [7, 11) is -3.70. The molecule has 134 valence electrons. The van der Waals surface area contributed by atoms with Crippen LogP contribution in [0.1, 0.15) is 5.56 Å². The van der Waals surface area contributed by atoms with Crippen LogP contribution >= 0.6 is 34.8 Å². The molecule has 1 amide bonds. The second kappa shape index (κ2) is 8.27. The van der Waals surface area contributed by atoms with Gasteiger partial charge in [-0.3, -0.25) is 9.10 Å². The van der Waals surface area contributed by atoms with E-state index in [9.17, 15) is 13.2 Å². The molecule has 0 bridgehead atoms. The van der Waals surface area contributed by atoms with Crippen molar-refractivity contribution in [3.05, 3.63) is 63.1 Å². The number of carbonyl (C=O) groups excluding carboxylic acids is 1. The molecule has 0 aliphatic heterocycles. The van der Waals surface area contributed by atoms with E-state index in [1.54, 1.807) is 24.3 Å². The minimum atomic E-state index is -3.70. The number of anilines is 1. The molecule has 2 rings (SSSR count). The quantitative estimate of drug-likeness (QED) is 0.773. The third-order valence-electron chi connectivity index (χ3n) is 3.23. The number of halogens is 3. The van der Waals surface area contributed by atoms with Crippen molar-refractivity contribution in [2.75, 3.05) is 17.1 Å². The van der Waals surface area contributed by atoms with Crippen molar-refractivity contribution in [2.45, 2.75) is 6.54 Å². The predicted octanol–water partition coefficient (Wildman–Crippen LogP) is 3.73. The molecule has 0 spiro atoms. The molecule has 0 aromatic heterocycles. The van der Waals surface area contributed by atoms with E-state index in [2.05, 4.69) is 5.32 Å². The second-order valence-electron chi connectivity index (χ2n) is 5.30.